The van der Waals surface area contributed by atoms with E-state index in [1.54, 1.807) is 0 Å². The molecular formula is C15H31N3O2. The molecule has 0 aliphatic heterocycles. The Morgan fingerprint density at radius 2 is 1.80 bits per heavy atom. The first-order valence-electron chi connectivity index (χ1n) is 7.81. The Balaban J connectivity index is 3.35. The van der Waals surface area contributed by atoms with Crippen molar-refractivity contribution in [3.05, 3.63) is 0 Å². The Hall–Kier alpha value is -1.26. The standard InChI is InChI=1S/C15H31N3O2/c1-3-4-5-6-7-9-12-17-15(16)18-13-10-8-11-14(19)20-2/h3-13H2,1-2H3,(H3,16,17,18). The Morgan fingerprint density at radius 3 is 2.50 bits per heavy atom. The van der Waals surface area contributed by atoms with Gasteiger partial charge in [-0.05, 0) is 19.3 Å². The number of ether oxygens (including phenoxy) is 1. The van der Waals surface area contributed by atoms with E-state index < -0.39 is 0 Å². The van der Waals surface area contributed by atoms with Gasteiger partial charge in [-0.1, -0.05) is 39.0 Å². The molecule has 0 unspecified atom stereocenters. The predicted octanol–water partition coefficient (Wildman–Crippen LogP) is 2.59. The number of nitrogens with two attached hydrogens (primary N) is 1. The molecule has 0 spiro atoms. The molecule has 0 saturated heterocycles. The maximum Gasteiger partial charge on any atom is 0.305 e. The van der Waals surface area contributed by atoms with E-state index in [0.717, 1.165) is 32.4 Å². The van der Waals surface area contributed by atoms with Crippen LogP contribution in [0.25, 0.3) is 0 Å². The van der Waals surface area contributed by atoms with Gasteiger partial charge in [-0.3, -0.25) is 9.79 Å². The van der Waals surface area contributed by atoms with Crippen molar-refractivity contribution in [2.45, 2.75) is 64.7 Å². The first kappa shape index (κ1) is 18.7. The Labute approximate surface area is 123 Å². The molecule has 0 aromatic carbocycles. The van der Waals surface area contributed by atoms with Crippen molar-refractivity contribution in [1.82, 2.24) is 5.32 Å². The quantitative estimate of drug-likeness (QED) is 0.250. The molecule has 5 heteroatoms. The average Bonchev–Trinajstić information content (AvgIpc) is 2.45. The molecule has 0 atom stereocenters. The van der Waals surface area contributed by atoms with Crippen molar-refractivity contribution >= 4 is 11.9 Å². The largest absolute Gasteiger partial charge is 0.469 e. The van der Waals surface area contributed by atoms with E-state index in [1.807, 2.05) is 0 Å². The SMILES string of the molecule is CCCCCCCCN=C(N)NCCCCC(=O)OC. The average molecular weight is 285 g/mol. The van der Waals surface area contributed by atoms with E-state index in [0.29, 0.717) is 12.4 Å². The zero-order valence-corrected chi connectivity index (χ0v) is 13.1. The van der Waals surface area contributed by atoms with Gasteiger partial charge in [0.2, 0.25) is 0 Å². The summed E-state index contributed by atoms with van der Waals surface area (Å²) in [5, 5.41) is 3.06. The van der Waals surface area contributed by atoms with Crippen molar-refractivity contribution in [1.29, 1.82) is 0 Å². The second-order valence-corrected chi connectivity index (χ2v) is 4.99. The number of nitrogens with one attached hydrogen (secondary N) is 1. The Kier molecular flexibility index (Phi) is 13.3. The van der Waals surface area contributed by atoms with Gasteiger partial charge in [0.05, 0.1) is 7.11 Å². The number of aliphatic imine (C=N–C) groups is 1. The minimum atomic E-state index is -0.158. The maximum absolute atomic E-state index is 10.9. The van der Waals surface area contributed by atoms with Gasteiger partial charge in [0, 0.05) is 19.5 Å². The van der Waals surface area contributed by atoms with Crippen LogP contribution in [0.4, 0.5) is 0 Å². The first-order chi connectivity index (χ1) is 9.70. The predicted molar refractivity (Wildman–Crippen MR) is 83.7 cm³/mol. The number of guanidine groups is 1. The van der Waals surface area contributed by atoms with Crippen LogP contribution in [0.5, 0.6) is 0 Å². The number of carbonyl (C=O) groups excluding carboxylic acids is 1. The lowest BCUT2D eigenvalue weighted by Gasteiger charge is -2.05. The normalized spacial score (nSPS) is 11.4. The number of nitrogens with zero attached hydrogens (tertiary/aromatic N) is 1. The van der Waals surface area contributed by atoms with Crippen LogP contribution >= 0.6 is 0 Å². The number of hydrogen-bond donors (Lipinski definition) is 2. The summed E-state index contributed by atoms with van der Waals surface area (Å²) in [5.41, 5.74) is 5.75. The molecular weight excluding hydrogens is 254 g/mol. The Bertz CT molecular complexity index is 268. The van der Waals surface area contributed by atoms with Gasteiger partial charge in [-0.15, -0.1) is 0 Å². The number of carbonyl (C=O) groups is 1. The number of esters is 1. The van der Waals surface area contributed by atoms with Crippen LogP contribution in [-0.2, 0) is 9.53 Å². The number of unbranched alkanes of at least 4 members (excludes halogenated alkanes) is 6. The third-order valence-corrected chi connectivity index (χ3v) is 3.14. The lowest BCUT2D eigenvalue weighted by molar-refractivity contribution is -0.140. The second-order valence-electron chi connectivity index (χ2n) is 4.99. The van der Waals surface area contributed by atoms with Crippen LogP contribution in [0.3, 0.4) is 0 Å². The minimum Gasteiger partial charge on any atom is -0.469 e. The Morgan fingerprint density at radius 1 is 1.10 bits per heavy atom. The molecule has 3 N–H and O–H groups in total. The fraction of sp³-hybridized carbons (Fsp3) is 0.867. The summed E-state index contributed by atoms with van der Waals surface area (Å²) >= 11 is 0. The molecule has 118 valence electrons. The van der Waals surface area contributed by atoms with Crippen LogP contribution in [0.15, 0.2) is 4.99 Å². The summed E-state index contributed by atoms with van der Waals surface area (Å²) in [6.07, 6.45) is 9.74. The highest BCUT2D eigenvalue weighted by Gasteiger charge is 1.99. The molecule has 0 radical (unpaired) electrons. The van der Waals surface area contributed by atoms with Gasteiger partial charge in [0.15, 0.2) is 5.96 Å². The first-order valence-corrected chi connectivity index (χ1v) is 7.81. The number of hydrogen-bond acceptors (Lipinski definition) is 3. The lowest BCUT2D eigenvalue weighted by atomic mass is 10.1. The van der Waals surface area contributed by atoms with E-state index in [-0.39, 0.29) is 5.97 Å². The van der Waals surface area contributed by atoms with Crippen LogP contribution in [0, 0.1) is 0 Å². The molecule has 20 heavy (non-hydrogen) atoms. The molecule has 0 aromatic heterocycles. The smallest absolute Gasteiger partial charge is 0.305 e. The van der Waals surface area contributed by atoms with Crippen molar-refractivity contribution in [2.24, 2.45) is 10.7 Å². The van der Waals surface area contributed by atoms with Crippen molar-refractivity contribution < 1.29 is 9.53 Å². The fourth-order valence-corrected chi connectivity index (χ4v) is 1.86. The van der Waals surface area contributed by atoms with Crippen LogP contribution in [0.2, 0.25) is 0 Å². The van der Waals surface area contributed by atoms with Gasteiger partial charge >= 0.3 is 5.97 Å². The monoisotopic (exact) mass is 285 g/mol. The molecule has 0 rings (SSSR count). The summed E-state index contributed by atoms with van der Waals surface area (Å²) in [4.78, 5) is 15.2. The summed E-state index contributed by atoms with van der Waals surface area (Å²) in [7, 11) is 1.41. The topological polar surface area (TPSA) is 76.7 Å². The van der Waals surface area contributed by atoms with Crippen molar-refractivity contribution in [3.8, 4) is 0 Å². The summed E-state index contributed by atoms with van der Waals surface area (Å²) in [6, 6.07) is 0. The van der Waals surface area contributed by atoms with E-state index >= 15 is 0 Å². The molecule has 0 fully saturated rings. The van der Waals surface area contributed by atoms with Crippen molar-refractivity contribution in [2.75, 3.05) is 20.2 Å². The van der Waals surface area contributed by atoms with E-state index in [9.17, 15) is 4.79 Å². The molecule has 0 bridgehead atoms. The molecule has 0 heterocycles. The van der Waals surface area contributed by atoms with Gasteiger partial charge < -0.3 is 15.8 Å². The van der Waals surface area contributed by atoms with Crippen LogP contribution in [-0.4, -0.2) is 32.1 Å². The number of rotatable bonds is 12. The van der Waals surface area contributed by atoms with E-state index in [1.165, 1.54) is 39.2 Å². The third-order valence-electron chi connectivity index (χ3n) is 3.14. The number of methoxy groups -OCH3 is 1. The molecule has 0 saturated carbocycles. The van der Waals surface area contributed by atoms with E-state index in [4.69, 9.17) is 5.73 Å². The molecule has 5 nitrogen and oxygen atoms in total. The minimum absolute atomic E-state index is 0.158. The second kappa shape index (κ2) is 14.2. The molecule has 0 aliphatic rings. The molecule has 0 aromatic rings. The van der Waals surface area contributed by atoms with E-state index in [2.05, 4.69) is 22.0 Å². The van der Waals surface area contributed by atoms with Gasteiger partial charge in [-0.25, -0.2) is 0 Å². The lowest BCUT2D eigenvalue weighted by Crippen LogP contribution is -2.32. The van der Waals surface area contributed by atoms with Gasteiger partial charge in [0.25, 0.3) is 0 Å². The third kappa shape index (κ3) is 13.2. The highest BCUT2D eigenvalue weighted by Crippen LogP contribution is 2.04. The molecule has 0 aliphatic carbocycles. The van der Waals surface area contributed by atoms with Gasteiger partial charge in [-0.2, -0.15) is 0 Å². The van der Waals surface area contributed by atoms with Crippen molar-refractivity contribution in [3.63, 3.8) is 0 Å². The zero-order valence-electron chi connectivity index (χ0n) is 13.1. The maximum atomic E-state index is 10.9. The summed E-state index contributed by atoms with van der Waals surface area (Å²) < 4.78 is 4.57. The fourth-order valence-electron chi connectivity index (χ4n) is 1.86. The summed E-state index contributed by atoms with van der Waals surface area (Å²) in [5.74, 6) is 0.353. The van der Waals surface area contributed by atoms with Gasteiger partial charge in [0.1, 0.15) is 0 Å². The summed E-state index contributed by atoms with van der Waals surface area (Å²) in [6.45, 7) is 3.78. The zero-order chi connectivity index (χ0) is 15.1. The highest BCUT2D eigenvalue weighted by atomic mass is 16.5. The molecule has 0 amide bonds. The highest BCUT2D eigenvalue weighted by molar-refractivity contribution is 5.77. The van der Waals surface area contributed by atoms with Crippen LogP contribution in [0.1, 0.15) is 64.7 Å². The van der Waals surface area contributed by atoms with Crippen LogP contribution < -0.4 is 11.1 Å².